The second-order valence-electron chi connectivity index (χ2n) is 5.82. The van der Waals surface area contributed by atoms with Crippen molar-refractivity contribution >= 4 is 34.0 Å². The van der Waals surface area contributed by atoms with Crippen LogP contribution >= 0.6 is 0 Å². The third kappa shape index (κ3) is 3.13. The SMILES string of the molecule is COc1cc(NN=Cc2nnc3c(n2)[nH]c2ccccc23)cc(OC)c1OC. The van der Waals surface area contributed by atoms with Crippen molar-refractivity contribution in [2.75, 3.05) is 26.8 Å². The first-order valence-electron chi connectivity index (χ1n) is 8.43. The molecule has 0 fully saturated rings. The van der Waals surface area contributed by atoms with Crippen LogP contribution in [-0.4, -0.2) is 47.7 Å². The topological polar surface area (TPSA) is 107 Å². The maximum Gasteiger partial charge on any atom is 0.203 e. The minimum atomic E-state index is 0.374. The standard InChI is InChI=1S/C19H18N6O3/c1-26-14-8-11(9-15(27-2)18(14)28-3)23-20-10-16-22-19-17(25-24-16)12-6-4-5-7-13(12)21-19/h4-10,23H,1-3H3,(H,21,22,24). The fraction of sp³-hybridized carbons (Fsp3) is 0.158. The van der Waals surface area contributed by atoms with Gasteiger partial charge in [-0.3, -0.25) is 5.43 Å². The van der Waals surface area contributed by atoms with Crippen LogP contribution in [0.5, 0.6) is 17.2 Å². The number of aromatic nitrogens is 4. The molecule has 0 unspecified atom stereocenters. The van der Waals surface area contributed by atoms with Crippen LogP contribution in [0.25, 0.3) is 22.1 Å². The van der Waals surface area contributed by atoms with Gasteiger partial charge in [-0.05, 0) is 6.07 Å². The molecule has 9 heteroatoms. The van der Waals surface area contributed by atoms with E-state index in [1.165, 1.54) is 6.21 Å². The number of nitrogens with zero attached hydrogens (tertiary/aromatic N) is 4. The Morgan fingerprint density at radius 2 is 1.75 bits per heavy atom. The van der Waals surface area contributed by atoms with Crippen molar-refractivity contribution in [2.45, 2.75) is 0 Å². The van der Waals surface area contributed by atoms with Gasteiger partial charge >= 0.3 is 0 Å². The monoisotopic (exact) mass is 378 g/mol. The van der Waals surface area contributed by atoms with E-state index in [4.69, 9.17) is 14.2 Å². The van der Waals surface area contributed by atoms with Gasteiger partial charge in [0.05, 0.1) is 33.2 Å². The van der Waals surface area contributed by atoms with E-state index in [9.17, 15) is 0 Å². The van der Waals surface area contributed by atoms with E-state index in [2.05, 4.69) is 30.7 Å². The maximum atomic E-state index is 5.33. The zero-order valence-corrected chi connectivity index (χ0v) is 15.6. The summed E-state index contributed by atoms with van der Waals surface area (Å²) in [5, 5.41) is 13.5. The maximum absolute atomic E-state index is 5.33. The molecular formula is C19H18N6O3. The molecule has 0 aliphatic heterocycles. The van der Waals surface area contributed by atoms with Gasteiger partial charge in [-0.2, -0.15) is 5.10 Å². The first-order chi connectivity index (χ1) is 13.7. The van der Waals surface area contributed by atoms with E-state index in [1.54, 1.807) is 33.5 Å². The number of rotatable bonds is 6. The molecule has 0 spiro atoms. The molecule has 2 aromatic heterocycles. The summed E-state index contributed by atoms with van der Waals surface area (Å²) in [7, 11) is 4.66. The average Bonchev–Trinajstić information content (AvgIpc) is 3.10. The van der Waals surface area contributed by atoms with Gasteiger partial charge in [0.1, 0.15) is 5.52 Å². The van der Waals surface area contributed by atoms with Crippen molar-refractivity contribution < 1.29 is 14.2 Å². The minimum absolute atomic E-state index is 0.374. The normalized spacial score (nSPS) is 11.2. The Morgan fingerprint density at radius 3 is 2.46 bits per heavy atom. The highest BCUT2D eigenvalue weighted by molar-refractivity contribution is 6.03. The largest absolute Gasteiger partial charge is 0.493 e. The summed E-state index contributed by atoms with van der Waals surface area (Å²) >= 11 is 0. The van der Waals surface area contributed by atoms with Crippen molar-refractivity contribution in [1.29, 1.82) is 0 Å². The Labute approximate surface area is 160 Å². The van der Waals surface area contributed by atoms with E-state index < -0.39 is 0 Å². The highest BCUT2D eigenvalue weighted by Crippen LogP contribution is 2.39. The highest BCUT2D eigenvalue weighted by Gasteiger charge is 2.13. The molecule has 0 radical (unpaired) electrons. The van der Waals surface area contributed by atoms with Crippen molar-refractivity contribution in [3.63, 3.8) is 0 Å². The summed E-state index contributed by atoms with van der Waals surface area (Å²) in [6, 6.07) is 11.4. The van der Waals surface area contributed by atoms with Crippen LogP contribution in [0.3, 0.4) is 0 Å². The Kier molecular flexibility index (Phi) is 4.63. The number of fused-ring (bicyclic) bond motifs is 3. The molecule has 9 nitrogen and oxygen atoms in total. The van der Waals surface area contributed by atoms with Crippen molar-refractivity contribution in [3.05, 3.63) is 42.2 Å². The molecule has 0 saturated carbocycles. The molecule has 0 aliphatic carbocycles. The summed E-state index contributed by atoms with van der Waals surface area (Å²) < 4.78 is 16.0. The highest BCUT2D eigenvalue weighted by atomic mass is 16.5. The van der Waals surface area contributed by atoms with Crippen molar-refractivity contribution in [3.8, 4) is 17.2 Å². The first-order valence-corrected chi connectivity index (χ1v) is 8.43. The van der Waals surface area contributed by atoms with Gasteiger partial charge in [-0.15, -0.1) is 10.2 Å². The smallest absolute Gasteiger partial charge is 0.203 e. The van der Waals surface area contributed by atoms with Gasteiger partial charge in [0, 0.05) is 23.0 Å². The van der Waals surface area contributed by atoms with Gasteiger partial charge in [0.15, 0.2) is 23.0 Å². The second kappa shape index (κ2) is 7.39. The number of anilines is 1. The summed E-state index contributed by atoms with van der Waals surface area (Å²) in [5.41, 5.74) is 5.91. The molecule has 4 aromatic rings. The first kappa shape index (κ1) is 17.5. The molecule has 2 heterocycles. The molecule has 0 atom stereocenters. The van der Waals surface area contributed by atoms with Crippen molar-refractivity contribution in [1.82, 2.24) is 20.2 Å². The third-order valence-corrected chi connectivity index (χ3v) is 4.18. The van der Waals surface area contributed by atoms with Gasteiger partial charge in [-0.1, -0.05) is 18.2 Å². The van der Waals surface area contributed by atoms with Crippen LogP contribution in [0.1, 0.15) is 5.82 Å². The quantitative estimate of drug-likeness (QED) is 0.392. The number of para-hydroxylation sites is 1. The van der Waals surface area contributed by atoms with Gasteiger partial charge in [0.2, 0.25) is 5.75 Å². The Balaban J connectivity index is 1.58. The molecule has 0 amide bonds. The number of hydrogen-bond acceptors (Lipinski definition) is 8. The zero-order chi connectivity index (χ0) is 19.5. The Hall–Kier alpha value is -3.88. The molecule has 2 N–H and O–H groups in total. The van der Waals surface area contributed by atoms with Gasteiger partial charge < -0.3 is 19.2 Å². The lowest BCUT2D eigenvalue weighted by Crippen LogP contribution is -2.00. The van der Waals surface area contributed by atoms with Crippen LogP contribution in [0, 0.1) is 0 Å². The lowest BCUT2D eigenvalue weighted by Gasteiger charge is -2.13. The number of methoxy groups -OCH3 is 3. The third-order valence-electron chi connectivity index (χ3n) is 4.18. The van der Waals surface area contributed by atoms with Gasteiger partial charge in [-0.25, -0.2) is 4.98 Å². The number of nitrogens with one attached hydrogen (secondary N) is 2. The summed E-state index contributed by atoms with van der Waals surface area (Å²) in [6.45, 7) is 0. The number of benzene rings is 2. The van der Waals surface area contributed by atoms with Crippen LogP contribution in [-0.2, 0) is 0 Å². The van der Waals surface area contributed by atoms with E-state index >= 15 is 0 Å². The van der Waals surface area contributed by atoms with Crippen LogP contribution in [0.15, 0.2) is 41.5 Å². The molecule has 0 bridgehead atoms. The molecule has 142 valence electrons. The van der Waals surface area contributed by atoms with Crippen LogP contribution < -0.4 is 19.6 Å². The lowest BCUT2D eigenvalue weighted by molar-refractivity contribution is 0.324. The van der Waals surface area contributed by atoms with Crippen LogP contribution in [0.4, 0.5) is 5.69 Å². The molecule has 2 aromatic carbocycles. The average molecular weight is 378 g/mol. The summed E-state index contributed by atoms with van der Waals surface area (Å²) in [5.74, 6) is 1.93. The fourth-order valence-corrected chi connectivity index (χ4v) is 2.90. The summed E-state index contributed by atoms with van der Waals surface area (Å²) in [4.78, 5) is 7.68. The Morgan fingerprint density at radius 1 is 1.00 bits per heavy atom. The van der Waals surface area contributed by atoms with Crippen molar-refractivity contribution in [2.24, 2.45) is 5.10 Å². The van der Waals surface area contributed by atoms with E-state index in [0.29, 0.717) is 34.4 Å². The predicted molar refractivity (Wildman–Crippen MR) is 107 cm³/mol. The van der Waals surface area contributed by atoms with Gasteiger partial charge in [0.25, 0.3) is 0 Å². The predicted octanol–water partition coefficient (Wildman–Crippen LogP) is 2.98. The second-order valence-corrected chi connectivity index (χ2v) is 5.82. The molecule has 0 aliphatic rings. The van der Waals surface area contributed by atoms with E-state index in [0.717, 1.165) is 16.4 Å². The minimum Gasteiger partial charge on any atom is -0.493 e. The lowest BCUT2D eigenvalue weighted by atomic mass is 10.2. The molecule has 28 heavy (non-hydrogen) atoms. The van der Waals surface area contributed by atoms with E-state index in [-0.39, 0.29) is 0 Å². The zero-order valence-electron chi connectivity index (χ0n) is 15.6. The van der Waals surface area contributed by atoms with Crippen LogP contribution in [0.2, 0.25) is 0 Å². The Bertz CT molecular complexity index is 1150. The fourth-order valence-electron chi connectivity index (χ4n) is 2.90. The number of hydrazone groups is 1. The number of aromatic amines is 1. The molecule has 0 saturated heterocycles. The molecule has 4 rings (SSSR count). The summed E-state index contributed by atoms with van der Waals surface area (Å²) in [6.07, 6.45) is 1.49. The number of H-pyrrole nitrogens is 1. The molecular weight excluding hydrogens is 360 g/mol. The number of ether oxygens (including phenoxy) is 3. The van der Waals surface area contributed by atoms with E-state index in [1.807, 2.05) is 24.3 Å². The number of hydrogen-bond donors (Lipinski definition) is 2.